The lowest BCUT2D eigenvalue weighted by Gasteiger charge is -2.17. The third-order valence-corrected chi connectivity index (χ3v) is 3.47. The van der Waals surface area contributed by atoms with Crippen LogP contribution in [0.15, 0.2) is 22.7 Å². The van der Waals surface area contributed by atoms with Crippen LogP contribution in [-0.4, -0.2) is 30.1 Å². The van der Waals surface area contributed by atoms with Crippen molar-refractivity contribution in [1.82, 2.24) is 5.32 Å². The minimum Gasteiger partial charge on any atom is -0.506 e. The molecule has 4 nitrogen and oxygen atoms in total. The number of phenols is 1. The number of nitrogens with one attached hydrogen (secondary N) is 1. The first-order chi connectivity index (χ1) is 8.48. The first-order valence-corrected chi connectivity index (χ1v) is 6.76. The third-order valence-electron chi connectivity index (χ3n) is 2.83. The summed E-state index contributed by atoms with van der Waals surface area (Å²) in [6, 6.07) is 5.61. The van der Waals surface area contributed by atoms with E-state index in [1.165, 1.54) is 0 Å². The van der Waals surface area contributed by atoms with Crippen molar-refractivity contribution in [2.24, 2.45) is 0 Å². The molecule has 1 heterocycles. The second-order valence-electron chi connectivity index (χ2n) is 4.83. The van der Waals surface area contributed by atoms with Crippen LogP contribution in [0.1, 0.15) is 19.4 Å². The molecule has 2 rings (SSSR count). The van der Waals surface area contributed by atoms with Crippen LogP contribution in [0.25, 0.3) is 0 Å². The summed E-state index contributed by atoms with van der Waals surface area (Å²) in [5, 5.41) is 13.1. The lowest BCUT2D eigenvalue weighted by molar-refractivity contribution is -0.137. The maximum absolute atomic E-state index is 9.83. The number of ether oxygens (including phenoxy) is 2. The van der Waals surface area contributed by atoms with Gasteiger partial charge in [0, 0.05) is 18.7 Å². The Morgan fingerprint density at radius 3 is 2.94 bits per heavy atom. The fourth-order valence-electron chi connectivity index (χ4n) is 1.93. The first-order valence-electron chi connectivity index (χ1n) is 5.97. The van der Waals surface area contributed by atoms with E-state index >= 15 is 0 Å². The van der Waals surface area contributed by atoms with E-state index in [2.05, 4.69) is 21.2 Å². The molecule has 1 aromatic rings. The summed E-state index contributed by atoms with van der Waals surface area (Å²) < 4.78 is 11.9. The van der Waals surface area contributed by atoms with Gasteiger partial charge in [0.25, 0.3) is 0 Å². The molecule has 2 N–H and O–H groups in total. The van der Waals surface area contributed by atoms with Crippen molar-refractivity contribution in [3.63, 3.8) is 0 Å². The van der Waals surface area contributed by atoms with Gasteiger partial charge in [-0.3, -0.25) is 0 Å². The monoisotopic (exact) mass is 315 g/mol. The number of rotatable bonds is 4. The average molecular weight is 316 g/mol. The van der Waals surface area contributed by atoms with E-state index in [4.69, 9.17) is 9.47 Å². The molecule has 0 aromatic heterocycles. The lowest BCUT2D eigenvalue weighted by Crippen LogP contribution is -2.30. The first kappa shape index (κ1) is 13.8. The molecule has 0 amide bonds. The highest BCUT2D eigenvalue weighted by atomic mass is 79.9. The zero-order chi connectivity index (χ0) is 13.2. The minimum absolute atomic E-state index is 0.0642. The molecule has 0 bridgehead atoms. The number of phenolic OH excluding ortho intramolecular Hbond substituents is 1. The molecule has 1 fully saturated rings. The summed E-state index contributed by atoms with van der Waals surface area (Å²) in [4.78, 5) is 0. The summed E-state index contributed by atoms with van der Waals surface area (Å²) in [5.74, 6) is -0.196. The van der Waals surface area contributed by atoms with Crippen LogP contribution in [0.3, 0.4) is 0 Å². The summed E-state index contributed by atoms with van der Waals surface area (Å²) in [6.07, 6.45) is 0.0642. The van der Waals surface area contributed by atoms with Gasteiger partial charge in [0.05, 0.1) is 17.2 Å². The topological polar surface area (TPSA) is 50.7 Å². The Hall–Kier alpha value is -0.620. The molecule has 0 aliphatic carbocycles. The predicted octanol–water partition coefficient (Wildman–Crippen LogP) is 2.40. The highest BCUT2D eigenvalue weighted by Gasteiger charge is 2.32. The van der Waals surface area contributed by atoms with E-state index in [1.807, 2.05) is 32.0 Å². The summed E-state index contributed by atoms with van der Waals surface area (Å²) in [6.45, 7) is 5.73. The van der Waals surface area contributed by atoms with Gasteiger partial charge in [0.15, 0.2) is 5.79 Å². The van der Waals surface area contributed by atoms with Gasteiger partial charge in [-0.05, 0) is 35.8 Å². The normalized spacial score (nSPS) is 22.3. The molecule has 1 aliphatic rings. The third kappa shape index (κ3) is 3.45. The van der Waals surface area contributed by atoms with Crippen LogP contribution in [0, 0.1) is 0 Å². The van der Waals surface area contributed by atoms with Crippen molar-refractivity contribution in [1.29, 1.82) is 0 Å². The number of halogens is 1. The smallest absolute Gasteiger partial charge is 0.163 e. The second kappa shape index (κ2) is 5.57. The fourth-order valence-corrected chi connectivity index (χ4v) is 2.34. The van der Waals surface area contributed by atoms with Gasteiger partial charge in [0.2, 0.25) is 0 Å². The molecule has 0 radical (unpaired) electrons. The molecular weight excluding hydrogens is 298 g/mol. The highest BCUT2D eigenvalue weighted by molar-refractivity contribution is 9.10. The molecular formula is C13H18BrNO3. The van der Waals surface area contributed by atoms with Crippen LogP contribution >= 0.6 is 15.9 Å². The number of benzene rings is 1. The Kier molecular flexibility index (Phi) is 4.27. The zero-order valence-electron chi connectivity index (χ0n) is 10.6. The van der Waals surface area contributed by atoms with E-state index in [0.29, 0.717) is 24.2 Å². The van der Waals surface area contributed by atoms with Crippen molar-refractivity contribution >= 4 is 15.9 Å². The van der Waals surface area contributed by atoms with Gasteiger partial charge in [-0.1, -0.05) is 12.1 Å². The van der Waals surface area contributed by atoms with Crippen LogP contribution in [-0.2, 0) is 16.0 Å². The standard InChI is InChI=1S/C13H18BrNO3/c1-13(2)17-8-10(18-13)7-15-6-9-4-3-5-11(14)12(9)16/h3-5,10,15-16H,6-8H2,1-2H3. The van der Waals surface area contributed by atoms with E-state index in [9.17, 15) is 5.11 Å². The molecule has 1 atom stereocenters. The average Bonchev–Trinajstić information content (AvgIpc) is 2.64. The van der Waals surface area contributed by atoms with Crippen LogP contribution < -0.4 is 5.32 Å². The SMILES string of the molecule is CC1(C)OCC(CNCc2cccc(Br)c2O)O1. The van der Waals surface area contributed by atoms with Gasteiger partial charge in [-0.25, -0.2) is 0 Å². The van der Waals surface area contributed by atoms with Crippen molar-refractivity contribution in [3.05, 3.63) is 28.2 Å². The number of para-hydroxylation sites is 1. The Balaban J connectivity index is 1.81. The quantitative estimate of drug-likeness (QED) is 0.896. The molecule has 1 aromatic carbocycles. The van der Waals surface area contributed by atoms with E-state index in [-0.39, 0.29) is 11.9 Å². The Morgan fingerprint density at radius 2 is 2.28 bits per heavy atom. The second-order valence-corrected chi connectivity index (χ2v) is 5.68. The molecule has 0 spiro atoms. The molecule has 1 saturated heterocycles. The molecule has 1 unspecified atom stereocenters. The summed E-state index contributed by atoms with van der Waals surface area (Å²) >= 11 is 3.30. The number of hydrogen-bond acceptors (Lipinski definition) is 4. The predicted molar refractivity (Wildman–Crippen MR) is 72.4 cm³/mol. The van der Waals surface area contributed by atoms with Crippen molar-refractivity contribution in [3.8, 4) is 5.75 Å². The largest absolute Gasteiger partial charge is 0.506 e. The molecule has 18 heavy (non-hydrogen) atoms. The fraction of sp³-hybridized carbons (Fsp3) is 0.538. The van der Waals surface area contributed by atoms with Gasteiger partial charge < -0.3 is 19.9 Å². The maximum atomic E-state index is 9.83. The van der Waals surface area contributed by atoms with E-state index < -0.39 is 5.79 Å². The molecule has 1 aliphatic heterocycles. The summed E-state index contributed by atoms with van der Waals surface area (Å²) in [7, 11) is 0. The van der Waals surface area contributed by atoms with E-state index in [0.717, 1.165) is 5.56 Å². The molecule has 5 heteroatoms. The zero-order valence-corrected chi connectivity index (χ0v) is 12.2. The Labute approximate surface area is 115 Å². The summed E-state index contributed by atoms with van der Waals surface area (Å²) in [5.41, 5.74) is 0.863. The van der Waals surface area contributed by atoms with Gasteiger partial charge in [-0.2, -0.15) is 0 Å². The van der Waals surface area contributed by atoms with Crippen molar-refractivity contribution < 1.29 is 14.6 Å². The van der Waals surface area contributed by atoms with Crippen LogP contribution in [0.5, 0.6) is 5.75 Å². The van der Waals surface area contributed by atoms with Crippen LogP contribution in [0.4, 0.5) is 0 Å². The van der Waals surface area contributed by atoms with Crippen molar-refractivity contribution in [2.45, 2.75) is 32.3 Å². The molecule has 0 saturated carbocycles. The van der Waals surface area contributed by atoms with Gasteiger partial charge in [0.1, 0.15) is 5.75 Å². The van der Waals surface area contributed by atoms with E-state index in [1.54, 1.807) is 0 Å². The lowest BCUT2D eigenvalue weighted by atomic mass is 10.2. The Morgan fingerprint density at radius 1 is 1.50 bits per heavy atom. The number of aromatic hydroxyl groups is 1. The van der Waals surface area contributed by atoms with Gasteiger partial charge >= 0.3 is 0 Å². The maximum Gasteiger partial charge on any atom is 0.163 e. The minimum atomic E-state index is -0.482. The van der Waals surface area contributed by atoms with Gasteiger partial charge in [-0.15, -0.1) is 0 Å². The van der Waals surface area contributed by atoms with Crippen molar-refractivity contribution in [2.75, 3.05) is 13.2 Å². The number of hydrogen-bond donors (Lipinski definition) is 2. The highest BCUT2D eigenvalue weighted by Crippen LogP contribution is 2.27. The Bertz CT molecular complexity index is 423. The molecule has 100 valence electrons. The van der Waals surface area contributed by atoms with Crippen LogP contribution in [0.2, 0.25) is 0 Å².